The third-order valence-corrected chi connectivity index (χ3v) is 5.01. The summed E-state index contributed by atoms with van der Waals surface area (Å²) in [5, 5.41) is 3.04. The van der Waals surface area contributed by atoms with E-state index in [1.54, 1.807) is 13.3 Å². The molecule has 1 amide bonds. The van der Waals surface area contributed by atoms with E-state index >= 15 is 0 Å². The van der Waals surface area contributed by atoms with Gasteiger partial charge in [0, 0.05) is 24.8 Å². The van der Waals surface area contributed by atoms with Crippen molar-refractivity contribution < 1.29 is 19.0 Å². The molecule has 3 heterocycles. The van der Waals surface area contributed by atoms with Gasteiger partial charge >= 0.3 is 0 Å². The molecule has 7 heteroatoms. The average Bonchev–Trinajstić information content (AvgIpc) is 3.11. The minimum Gasteiger partial charge on any atom is -0.379 e. The van der Waals surface area contributed by atoms with Crippen molar-refractivity contribution >= 4 is 17.2 Å². The van der Waals surface area contributed by atoms with Crippen LogP contribution in [0.25, 0.3) is 0 Å². The van der Waals surface area contributed by atoms with Gasteiger partial charge in [-0.2, -0.15) is 0 Å². The zero-order valence-corrected chi connectivity index (χ0v) is 15.0. The predicted octanol–water partition coefficient (Wildman–Crippen LogP) is 2.39. The third-order valence-electron chi connectivity index (χ3n) is 3.95. The second-order valence-corrected chi connectivity index (χ2v) is 6.98. The highest BCUT2D eigenvalue weighted by Gasteiger charge is 2.28. The van der Waals surface area contributed by atoms with Crippen LogP contribution in [0, 0.1) is 0 Å². The third kappa shape index (κ3) is 5.09. The van der Waals surface area contributed by atoms with E-state index in [1.807, 2.05) is 30.3 Å². The van der Waals surface area contributed by atoms with Crippen LogP contribution in [0.4, 0.5) is 0 Å². The molecule has 25 heavy (non-hydrogen) atoms. The van der Waals surface area contributed by atoms with E-state index in [1.165, 1.54) is 11.3 Å². The Labute approximate surface area is 151 Å². The van der Waals surface area contributed by atoms with E-state index in [2.05, 4.69) is 10.3 Å². The number of amides is 1. The van der Waals surface area contributed by atoms with Gasteiger partial charge in [0.2, 0.25) is 0 Å². The molecule has 1 fully saturated rings. The zero-order chi connectivity index (χ0) is 17.5. The maximum absolute atomic E-state index is 12.5. The first kappa shape index (κ1) is 18.0. The number of nitrogens with zero attached hydrogens (tertiary/aromatic N) is 1. The predicted molar refractivity (Wildman–Crippen MR) is 94.5 cm³/mol. The van der Waals surface area contributed by atoms with E-state index in [9.17, 15) is 4.79 Å². The molecular weight excluding hydrogens is 340 g/mol. The van der Waals surface area contributed by atoms with Crippen LogP contribution in [-0.2, 0) is 27.4 Å². The van der Waals surface area contributed by atoms with Crippen molar-refractivity contribution in [1.82, 2.24) is 10.3 Å². The molecule has 3 rings (SSSR count). The summed E-state index contributed by atoms with van der Waals surface area (Å²) < 4.78 is 16.6. The Morgan fingerprint density at radius 2 is 2.28 bits per heavy atom. The Kier molecular flexibility index (Phi) is 6.52. The Balaban J connectivity index is 1.57. The first-order valence-corrected chi connectivity index (χ1v) is 9.05. The topological polar surface area (TPSA) is 69.7 Å². The molecule has 1 aliphatic rings. The molecule has 6 nitrogen and oxygen atoms in total. The lowest BCUT2D eigenvalue weighted by Crippen LogP contribution is -2.50. The number of thiophene rings is 1. The second kappa shape index (κ2) is 9.05. The largest absolute Gasteiger partial charge is 0.379 e. The van der Waals surface area contributed by atoms with Gasteiger partial charge in [0.1, 0.15) is 0 Å². The van der Waals surface area contributed by atoms with Crippen LogP contribution in [0.15, 0.2) is 36.5 Å². The van der Waals surface area contributed by atoms with Crippen molar-refractivity contribution in [1.29, 1.82) is 0 Å². The summed E-state index contributed by atoms with van der Waals surface area (Å²) in [6, 6.07) is 9.30. The maximum Gasteiger partial charge on any atom is 0.261 e. The molecule has 134 valence electrons. The van der Waals surface area contributed by atoms with Crippen molar-refractivity contribution in [3.8, 4) is 0 Å². The Bertz CT molecular complexity index is 677. The number of hydrogen-bond acceptors (Lipinski definition) is 6. The smallest absolute Gasteiger partial charge is 0.261 e. The fourth-order valence-corrected chi connectivity index (χ4v) is 3.57. The summed E-state index contributed by atoms with van der Waals surface area (Å²) in [6.07, 6.45) is 2.41. The lowest BCUT2D eigenvalue weighted by Gasteiger charge is -2.31. The minimum atomic E-state index is -0.169. The van der Waals surface area contributed by atoms with Gasteiger partial charge in [0.25, 0.3) is 5.91 Å². The van der Waals surface area contributed by atoms with E-state index in [4.69, 9.17) is 14.2 Å². The van der Waals surface area contributed by atoms with Gasteiger partial charge < -0.3 is 19.5 Å². The first-order chi connectivity index (χ1) is 12.3. The first-order valence-electron chi connectivity index (χ1n) is 8.24. The summed E-state index contributed by atoms with van der Waals surface area (Å²) in [5.41, 5.74) is 0.876. The van der Waals surface area contributed by atoms with E-state index in [-0.39, 0.29) is 18.1 Å². The number of nitrogens with one attached hydrogen (secondary N) is 1. The Hall–Kier alpha value is -1.80. The monoisotopic (exact) mass is 362 g/mol. The molecule has 0 unspecified atom stereocenters. The minimum absolute atomic E-state index is 0.0851. The average molecular weight is 362 g/mol. The quantitative estimate of drug-likeness (QED) is 0.819. The van der Waals surface area contributed by atoms with Crippen LogP contribution < -0.4 is 5.32 Å². The molecule has 2 aromatic heterocycles. The Morgan fingerprint density at radius 1 is 1.36 bits per heavy atom. The van der Waals surface area contributed by atoms with Crippen molar-refractivity contribution in [3.05, 3.63) is 52.0 Å². The summed E-state index contributed by atoms with van der Waals surface area (Å²) in [7, 11) is 1.64. The van der Waals surface area contributed by atoms with Gasteiger partial charge in [-0.25, -0.2) is 0 Å². The van der Waals surface area contributed by atoms with Gasteiger partial charge in [0.05, 0.1) is 42.5 Å². The molecule has 0 saturated carbocycles. The van der Waals surface area contributed by atoms with E-state index < -0.39 is 0 Å². The van der Waals surface area contributed by atoms with Crippen molar-refractivity contribution in [2.75, 3.05) is 20.3 Å². The van der Waals surface area contributed by atoms with Gasteiger partial charge in [-0.05, 0) is 30.7 Å². The Morgan fingerprint density at radius 3 is 3.08 bits per heavy atom. The fourth-order valence-electron chi connectivity index (χ4n) is 2.69. The summed E-state index contributed by atoms with van der Waals surface area (Å²) in [5.74, 6) is -0.103. The number of methoxy groups -OCH3 is 1. The highest BCUT2D eigenvalue weighted by molar-refractivity contribution is 7.14. The summed E-state index contributed by atoms with van der Waals surface area (Å²) in [6.45, 7) is 2.03. The molecule has 2 atom stereocenters. The van der Waals surface area contributed by atoms with Crippen molar-refractivity contribution in [2.24, 2.45) is 0 Å². The number of carbonyl (C=O) groups excluding carboxylic acids is 1. The molecule has 0 aromatic carbocycles. The zero-order valence-electron chi connectivity index (χ0n) is 14.1. The standard InChI is InChI=1S/C18H22N2O4S/c1-22-11-14-5-6-17(25-14)18(21)20-15-12-23-9-7-16(15)24-10-13-4-2-3-8-19-13/h2-6,8,15-16H,7,9-12H2,1H3,(H,20,21)/t15-,16-/m1/s1. The number of ether oxygens (including phenoxy) is 3. The number of aromatic nitrogens is 1. The van der Waals surface area contributed by atoms with Crippen molar-refractivity contribution in [2.45, 2.75) is 31.8 Å². The fraction of sp³-hybridized carbons (Fsp3) is 0.444. The van der Waals surface area contributed by atoms with Crippen LogP contribution >= 0.6 is 11.3 Å². The number of hydrogen-bond donors (Lipinski definition) is 1. The lowest BCUT2D eigenvalue weighted by atomic mass is 10.1. The van der Waals surface area contributed by atoms with Crippen LogP contribution in [0.5, 0.6) is 0 Å². The molecule has 1 aliphatic heterocycles. The highest BCUT2D eigenvalue weighted by atomic mass is 32.1. The van der Waals surface area contributed by atoms with E-state index in [0.717, 1.165) is 17.0 Å². The maximum atomic E-state index is 12.5. The summed E-state index contributed by atoms with van der Waals surface area (Å²) in [4.78, 5) is 18.4. The van der Waals surface area contributed by atoms with Crippen molar-refractivity contribution in [3.63, 3.8) is 0 Å². The normalized spacial score (nSPS) is 20.4. The van der Waals surface area contributed by atoms with Gasteiger partial charge in [-0.3, -0.25) is 9.78 Å². The number of rotatable bonds is 7. The van der Waals surface area contributed by atoms with Crippen LogP contribution in [0.1, 0.15) is 26.7 Å². The molecular formula is C18H22N2O4S. The molecule has 0 radical (unpaired) electrons. The van der Waals surface area contributed by atoms with Gasteiger partial charge in [-0.1, -0.05) is 6.07 Å². The molecule has 0 bridgehead atoms. The van der Waals surface area contributed by atoms with E-state index in [0.29, 0.717) is 31.3 Å². The lowest BCUT2D eigenvalue weighted by molar-refractivity contribution is -0.0612. The molecule has 0 aliphatic carbocycles. The SMILES string of the molecule is COCc1ccc(C(=O)N[C@@H]2COCC[C@H]2OCc2ccccn2)s1. The van der Waals surface area contributed by atoms with Gasteiger partial charge in [0.15, 0.2) is 0 Å². The molecule has 1 N–H and O–H groups in total. The van der Waals surface area contributed by atoms with Gasteiger partial charge in [-0.15, -0.1) is 11.3 Å². The van der Waals surface area contributed by atoms with Crippen LogP contribution in [-0.4, -0.2) is 43.4 Å². The second-order valence-electron chi connectivity index (χ2n) is 5.81. The van der Waals surface area contributed by atoms with Crippen LogP contribution in [0.2, 0.25) is 0 Å². The molecule has 0 spiro atoms. The molecule has 2 aromatic rings. The molecule has 1 saturated heterocycles. The number of carbonyl (C=O) groups is 1. The summed E-state index contributed by atoms with van der Waals surface area (Å²) >= 11 is 1.44. The highest BCUT2D eigenvalue weighted by Crippen LogP contribution is 2.19. The van der Waals surface area contributed by atoms with Crippen LogP contribution in [0.3, 0.4) is 0 Å². The number of pyridine rings is 1.